The Morgan fingerprint density at radius 3 is 2.83 bits per heavy atom. The Kier molecular flexibility index (Phi) is 4.78. The van der Waals surface area contributed by atoms with E-state index in [9.17, 15) is 4.79 Å². The van der Waals surface area contributed by atoms with Gasteiger partial charge in [-0.3, -0.25) is 4.79 Å². The summed E-state index contributed by atoms with van der Waals surface area (Å²) in [6.45, 7) is 1.56. The number of hydrogen-bond donors (Lipinski definition) is 3. The lowest BCUT2D eigenvalue weighted by Crippen LogP contribution is -2.43. The molecule has 1 atom stereocenters. The average molecular weight is 175 g/mol. The van der Waals surface area contributed by atoms with Gasteiger partial charge in [-0.05, 0) is 6.92 Å². The van der Waals surface area contributed by atoms with Gasteiger partial charge in [0.2, 0.25) is 5.91 Å². The maximum absolute atomic E-state index is 10.8. The largest absolute Gasteiger partial charge is 0.409 e. The highest BCUT2D eigenvalue weighted by molar-refractivity contribution is 5.89. The van der Waals surface area contributed by atoms with Crippen molar-refractivity contribution in [3.05, 3.63) is 0 Å². The van der Waals surface area contributed by atoms with Gasteiger partial charge in [0.05, 0.1) is 6.04 Å². The first-order valence-electron chi connectivity index (χ1n) is 3.37. The Balaban J connectivity index is 3.84. The molecule has 0 rings (SSSR count). The summed E-state index contributed by atoms with van der Waals surface area (Å²) >= 11 is 0. The zero-order valence-electron chi connectivity index (χ0n) is 7.07. The fraction of sp³-hybridized carbons (Fsp3) is 0.667. The van der Waals surface area contributed by atoms with Crippen LogP contribution in [0.1, 0.15) is 6.92 Å². The minimum absolute atomic E-state index is 0.0386. The van der Waals surface area contributed by atoms with Gasteiger partial charge in [-0.15, -0.1) is 0 Å². The number of nitrogens with zero attached hydrogens (tertiary/aromatic N) is 1. The zero-order valence-corrected chi connectivity index (χ0v) is 7.07. The molecule has 0 fully saturated rings. The number of amides is 1. The second kappa shape index (κ2) is 5.36. The highest BCUT2D eigenvalue weighted by Crippen LogP contribution is 1.81. The highest BCUT2D eigenvalue weighted by Gasteiger charge is 2.10. The summed E-state index contributed by atoms with van der Waals surface area (Å²) in [6, 6.07) is -0.488. The maximum atomic E-state index is 10.8. The molecule has 6 heteroatoms. The van der Waals surface area contributed by atoms with Gasteiger partial charge in [0, 0.05) is 7.11 Å². The second-order valence-corrected chi connectivity index (χ2v) is 2.25. The molecule has 0 aliphatic carbocycles. The van der Waals surface area contributed by atoms with Gasteiger partial charge in [-0.2, -0.15) is 0 Å². The number of nitrogens with two attached hydrogens (primary N) is 1. The predicted molar refractivity (Wildman–Crippen MR) is 42.9 cm³/mol. The molecule has 0 saturated heterocycles. The molecule has 0 aromatic carbocycles. The molecule has 0 aliphatic heterocycles. The van der Waals surface area contributed by atoms with Crippen LogP contribution < -0.4 is 11.1 Å². The third-order valence-electron chi connectivity index (χ3n) is 1.21. The third kappa shape index (κ3) is 3.77. The van der Waals surface area contributed by atoms with Crippen molar-refractivity contribution in [2.45, 2.75) is 13.0 Å². The van der Waals surface area contributed by atoms with Crippen molar-refractivity contribution in [2.24, 2.45) is 10.9 Å². The fourth-order valence-corrected chi connectivity index (χ4v) is 0.575. The second-order valence-electron chi connectivity index (χ2n) is 2.25. The van der Waals surface area contributed by atoms with Crippen molar-refractivity contribution in [1.82, 2.24) is 5.32 Å². The van der Waals surface area contributed by atoms with E-state index in [-0.39, 0.29) is 18.3 Å². The zero-order chi connectivity index (χ0) is 9.56. The number of nitrogens with one attached hydrogen (secondary N) is 1. The molecule has 1 unspecified atom stereocenters. The smallest absolute Gasteiger partial charge is 0.246 e. The van der Waals surface area contributed by atoms with Crippen LogP contribution >= 0.6 is 0 Å². The first-order valence-corrected chi connectivity index (χ1v) is 3.37. The van der Waals surface area contributed by atoms with Crippen LogP contribution in [0.2, 0.25) is 0 Å². The normalized spacial score (nSPS) is 14.0. The molecular formula is C6H13N3O3. The third-order valence-corrected chi connectivity index (χ3v) is 1.21. The molecule has 6 nitrogen and oxygen atoms in total. The number of methoxy groups -OCH3 is 1. The molecule has 0 aromatic rings. The Morgan fingerprint density at radius 1 is 1.83 bits per heavy atom. The molecule has 1 amide bonds. The van der Waals surface area contributed by atoms with Crippen LogP contribution in [0.4, 0.5) is 0 Å². The summed E-state index contributed by atoms with van der Waals surface area (Å²) in [4.78, 5) is 10.8. The van der Waals surface area contributed by atoms with Gasteiger partial charge >= 0.3 is 0 Å². The highest BCUT2D eigenvalue weighted by atomic mass is 16.5. The summed E-state index contributed by atoms with van der Waals surface area (Å²) < 4.78 is 4.56. The number of carbonyl (C=O) groups is 1. The molecular weight excluding hydrogens is 162 g/mol. The standard InChI is InChI=1S/C6H13N3O3/c1-4(6(7)9-11)8-5(10)3-12-2/h4,11H,3H2,1-2H3,(H2,7,9)(H,8,10). The molecule has 0 heterocycles. The summed E-state index contributed by atoms with van der Waals surface area (Å²) in [5.74, 6) is -0.351. The Hall–Kier alpha value is -1.30. The van der Waals surface area contributed by atoms with Gasteiger partial charge in [0.25, 0.3) is 0 Å². The minimum Gasteiger partial charge on any atom is -0.409 e. The van der Waals surface area contributed by atoms with Crippen molar-refractivity contribution < 1.29 is 14.7 Å². The number of oxime groups is 1. The molecule has 70 valence electrons. The van der Waals surface area contributed by atoms with Crippen LogP contribution in [-0.2, 0) is 9.53 Å². The van der Waals surface area contributed by atoms with Gasteiger partial charge in [0.1, 0.15) is 6.61 Å². The summed E-state index contributed by atoms with van der Waals surface area (Å²) in [7, 11) is 1.41. The summed E-state index contributed by atoms with van der Waals surface area (Å²) in [5.41, 5.74) is 5.21. The van der Waals surface area contributed by atoms with E-state index < -0.39 is 6.04 Å². The van der Waals surface area contributed by atoms with E-state index in [1.165, 1.54) is 7.11 Å². The van der Waals surface area contributed by atoms with Crippen molar-refractivity contribution in [3.8, 4) is 0 Å². The van der Waals surface area contributed by atoms with E-state index in [0.29, 0.717) is 0 Å². The number of hydrogen-bond acceptors (Lipinski definition) is 4. The van der Waals surface area contributed by atoms with Crippen molar-refractivity contribution in [1.29, 1.82) is 0 Å². The van der Waals surface area contributed by atoms with Crippen LogP contribution in [-0.4, -0.2) is 36.7 Å². The van der Waals surface area contributed by atoms with E-state index in [2.05, 4.69) is 15.2 Å². The van der Waals surface area contributed by atoms with Gasteiger partial charge in [0.15, 0.2) is 5.84 Å². The van der Waals surface area contributed by atoms with E-state index in [1.807, 2.05) is 0 Å². The molecule has 0 aliphatic rings. The molecule has 0 radical (unpaired) electrons. The predicted octanol–water partition coefficient (Wildman–Crippen LogP) is -1.12. The van der Waals surface area contributed by atoms with Crippen molar-refractivity contribution in [2.75, 3.05) is 13.7 Å². The molecule has 0 bridgehead atoms. The summed E-state index contributed by atoms with van der Waals surface area (Å²) in [6.07, 6.45) is 0. The van der Waals surface area contributed by atoms with Crippen LogP contribution in [0.5, 0.6) is 0 Å². The first-order chi connectivity index (χ1) is 5.61. The van der Waals surface area contributed by atoms with Gasteiger partial charge in [-0.1, -0.05) is 5.16 Å². The number of rotatable bonds is 4. The number of amidine groups is 1. The lowest BCUT2D eigenvalue weighted by Gasteiger charge is -2.10. The van der Waals surface area contributed by atoms with E-state index in [0.717, 1.165) is 0 Å². The van der Waals surface area contributed by atoms with Crippen LogP contribution in [0, 0.1) is 0 Å². The lowest BCUT2D eigenvalue weighted by atomic mass is 10.3. The van der Waals surface area contributed by atoms with Crippen LogP contribution in [0.3, 0.4) is 0 Å². The van der Waals surface area contributed by atoms with E-state index in [4.69, 9.17) is 10.9 Å². The Labute approximate surface area is 70.4 Å². The average Bonchev–Trinajstić information content (AvgIpc) is 2.03. The number of ether oxygens (including phenoxy) is 1. The molecule has 12 heavy (non-hydrogen) atoms. The van der Waals surface area contributed by atoms with Crippen LogP contribution in [0.15, 0.2) is 5.16 Å². The van der Waals surface area contributed by atoms with E-state index in [1.54, 1.807) is 6.92 Å². The van der Waals surface area contributed by atoms with Gasteiger partial charge in [-0.25, -0.2) is 0 Å². The number of carbonyl (C=O) groups excluding carboxylic acids is 1. The van der Waals surface area contributed by atoms with E-state index >= 15 is 0 Å². The maximum Gasteiger partial charge on any atom is 0.246 e. The van der Waals surface area contributed by atoms with Gasteiger partial charge < -0.3 is 21.0 Å². The Morgan fingerprint density at radius 2 is 2.42 bits per heavy atom. The molecule has 0 spiro atoms. The Bertz CT molecular complexity index is 181. The fourth-order valence-electron chi connectivity index (χ4n) is 0.575. The topological polar surface area (TPSA) is 96.9 Å². The first kappa shape index (κ1) is 10.7. The SMILES string of the molecule is COCC(=O)NC(C)/C(N)=N/O. The van der Waals surface area contributed by atoms with Crippen molar-refractivity contribution >= 4 is 11.7 Å². The van der Waals surface area contributed by atoms with Crippen molar-refractivity contribution in [3.63, 3.8) is 0 Å². The minimum atomic E-state index is -0.488. The molecule has 0 saturated carbocycles. The quantitative estimate of drug-likeness (QED) is 0.218. The molecule has 0 aromatic heterocycles. The van der Waals surface area contributed by atoms with Crippen LogP contribution in [0.25, 0.3) is 0 Å². The summed E-state index contributed by atoms with van der Waals surface area (Å²) in [5, 5.41) is 13.4. The molecule has 4 N–H and O–H groups in total. The lowest BCUT2D eigenvalue weighted by molar-refractivity contribution is -0.124. The monoisotopic (exact) mass is 175 g/mol.